The highest BCUT2D eigenvalue weighted by Crippen LogP contribution is 2.36. The summed E-state index contributed by atoms with van der Waals surface area (Å²) < 4.78 is 76.1. The lowest BCUT2D eigenvalue weighted by atomic mass is 10.0. The van der Waals surface area contributed by atoms with Crippen LogP contribution >= 0.6 is 0 Å². The zero-order valence-electron chi connectivity index (χ0n) is 10.9. The number of rotatable bonds is 0. The van der Waals surface area contributed by atoms with Gasteiger partial charge in [0.05, 0.1) is 11.1 Å². The molecule has 0 unspecified atom stereocenters. The van der Waals surface area contributed by atoms with Crippen LogP contribution in [0.25, 0.3) is 0 Å². The summed E-state index contributed by atoms with van der Waals surface area (Å²) in [5.41, 5.74) is -2.60. The van der Waals surface area contributed by atoms with Gasteiger partial charge in [-0.15, -0.1) is 0 Å². The number of hydrogen-bond acceptors (Lipinski definition) is 0. The van der Waals surface area contributed by atoms with Gasteiger partial charge in [-0.3, -0.25) is 0 Å². The van der Waals surface area contributed by atoms with Gasteiger partial charge in [0.15, 0.2) is 0 Å². The largest absolute Gasteiger partial charge is 0.416 e. The molecule has 0 atom stereocenters. The number of alkyl halides is 6. The monoisotopic (exact) mass is 314 g/mol. The van der Waals surface area contributed by atoms with Crippen LogP contribution in [0.4, 0.5) is 26.3 Å². The van der Waals surface area contributed by atoms with E-state index in [4.69, 9.17) is 0 Å². The predicted octanol–water partition coefficient (Wildman–Crippen LogP) is 5.12. The molecular formula is C16H8F6. The third-order valence-electron chi connectivity index (χ3n) is 2.71. The highest BCUT2D eigenvalue weighted by Gasteiger charge is 2.36. The Bertz CT molecular complexity index is 682. The van der Waals surface area contributed by atoms with Crippen LogP contribution in [0, 0.1) is 11.8 Å². The zero-order valence-corrected chi connectivity index (χ0v) is 10.9. The van der Waals surface area contributed by atoms with E-state index in [-0.39, 0.29) is 11.6 Å². The van der Waals surface area contributed by atoms with Gasteiger partial charge in [0.1, 0.15) is 0 Å². The molecule has 0 heterocycles. The molecule has 0 aliphatic rings. The molecule has 0 saturated carbocycles. The summed E-state index contributed by atoms with van der Waals surface area (Å²) in [5.74, 6) is 4.87. The molecule has 0 fully saturated rings. The van der Waals surface area contributed by atoms with E-state index in [1.807, 2.05) is 0 Å². The van der Waals surface area contributed by atoms with Crippen LogP contribution in [0.5, 0.6) is 0 Å². The normalized spacial score (nSPS) is 11.7. The fourth-order valence-electron chi connectivity index (χ4n) is 1.69. The van der Waals surface area contributed by atoms with E-state index in [0.29, 0.717) is 17.7 Å². The minimum absolute atomic E-state index is 0.0771. The summed E-state index contributed by atoms with van der Waals surface area (Å²) in [5, 5.41) is 0. The molecule has 0 amide bonds. The molecule has 0 aliphatic heterocycles. The van der Waals surface area contributed by atoms with Crippen molar-refractivity contribution in [3.05, 3.63) is 70.8 Å². The van der Waals surface area contributed by atoms with Gasteiger partial charge in [-0.1, -0.05) is 30.0 Å². The SMILES string of the molecule is FC(F)(F)c1cc(C#Cc2ccccc2)cc(C(F)(F)F)c1. The van der Waals surface area contributed by atoms with Gasteiger partial charge in [0.2, 0.25) is 0 Å². The fraction of sp³-hybridized carbons (Fsp3) is 0.125. The van der Waals surface area contributed by atoms with Crippen molar-refractivity contribution in [2.75, 3.05) is 0 Å². The van der Waals surface area contributed by atoms with E-state index in [2.05, 4.69) is 11.8 Å². The second-order valence-corrected chi connectivity index (χ2v) is 4.41. The van der Waals surface area contributed by atoms with Crippen LogP contribution in [0.15, 0.2) is 48.5 Å². The first-order valence-electron chi connectivity index (χ1n) is 6.03. The van der Waals surface area contributed by atoms with Crippen molar-refractivity contribution in [3.8, 4) is 11.8 Å². The second kappa shape index (κ2) is 5.76. The summed E-state index contributed by atoms with van der Waals surface area (Å²) >= 11 is 0. The lowest BCUT2D eigenvalue weighted by Gasteiger charge is -2.12. The molecule has 0 spiro atoms. The standard InChI is InChI=1S/C16H8F6/c17-15(18,19)13-8-12(9-14(10-13)16(20,21)22)7-6-11-4-2-1-3-5-11/h1-5,8-10H. The van der Waals surface area contributed by atoms with E-state index in [1.54, 1.807) is 30.3 Å². The van der Waals surface area contributed by atoms with Gasteiger partial charge in [-0.05, 0) is 30.3 Å². The molecule has 6 heteroatoms. The maximum Gasteiger partial charge on any atom is 0.416 e. The maximum atomic E-state index is 12.7. The Kier molecular flexibility index (Phi) is 4.18. The van der Waals surface area contributed by atoms with E-state index in [9.17, 15) is 26.3 Å². The Hall–Kier alpha value is -2.42. The Morgan fingerprint density at radius 1 is 0.591 bits per heavy atom. The minimum atomic E-state index is -4.87. The summed E-state index contributed by atoms with van der Waals surface area (Å²) in [6, 6.07) is 9.53. The smallest absolute Gasteiger partial charge is 0.166 e. The topological polar surface area (TPSA) is 0 Å². The van der Waals surface area contributed by atoms with Gasteiger partial charge in [-0.2, -0.15) is 26.3 Å². The van der Waals surface area contributed by atoms with Crippen LogP contribution in [0.1, 0.15) is 22.3 Å². The molecule has 0 aliphatic carbocycles. The summed E-state index contributed by atoms with van der Waals surface area (Å²) in [6.07, 6.45) is -9.74. The third-order valence-corrected chi connectivity index (χ3v) is 2.71. The van der Waals surface area contributed by atoms with Crippen molar-refractivity contribution in [1.29, 1.82) is 0 Å². The Morgan fingerprint density at radius 2 is 1.05 bits per heavy atom. The fourth-order valence-corrected chi connectivity index (χ4v) is 1.69. The molecule has 0 saturated heterocycles. The Labute approximate surface area is 122 Å². The van der Waals surface area contributed by atoms with Gasteiger partial charge in [0.25, 0.3) is 0 Å². The van der Waals surface area contributed by atoms with Crippen LogP contribution < -0.4 is 0 Å². The zero-order chi connectivity index (χ0) is 16.4. The summed E-state index contributed by atoms with van der Waals surface area (Å²) in [4.78, 5) is 0. The molecule has 0 nitrogen and oxygen atoms in total. The van der Waals surface area contributed by atoms with E-state index in [1.165, 1.54) is 0 Å². The van der Waals surface area contributed by atoms with Crippen LogP contribution in [0.2, 0.25) is 0 Å². The van der Waals surface area contributed by atoms with E-state index in [0.717, 1.165) is 0 Å². The first kappa shape index (κ1) is 16.0. The molecule has 0 bridgehead atoms. The predicted molar refractivity (Wildman–Crippen MR) is 68.9 cm³/mol. The lowest BCUT2D eigenvalue weighted by Crippen LogP contribution is -2.11. The molecule has 22 heavy (non-hydrogen) atoms. The molecule has 2 aromatic rings. The first-order valence-corrected chi connectivity index (χ1v) is 6.03. The van der Waals surface area contributed by atoms with Crippen LogP contribution in [-0.2, 0) is 12.4 Å². The van der Waals surface area contributed by atoms with Gasteiger partial charge < -0.3 is 0 Å². The van der Waals surface area contributed by atoms with Gasteiger partial charge >= 0.3 is 12.4 Å². The number of hydrogen-bond donors (Lipinski definition) is 0. The van der Waals surface area contributed by atoms with Crippen molar-refractivity contribution in [2.45, 2.75) is 12.4 Å². The van der Waals surface area contributed by atoms with E-state index < -0.39 is 23.5 Å². The number of benzene rings is 2. The van der Waals surface area contributed by atoms with E-state index >= 15 is 0 Å². The molecular weight excluding hydrogens is 306 g/mol. The Morgan fingerprint density at radius 3 is 1.50 bits per heavy atom. The average Bonchev–Trinajstić information content (AvgIpc) is 2.44. The molecule has 114 valence electrons. The molecule has 0 N–H and O–H groups in total. The highest BCUT2D eigenvalue weighted by atomic mass is 19.4. The Balaban J connectivity index is 2.50. The average molecular weight is 314 g/mol. The number of halogens is 6. The summed E-state index contributed by atoms with van der Waals surface area (Å²) in [7, 11) is 0. The van der Waals surface area contributed by atoms with Crippen molar-refractivity contribution < 1.29 is 26.3 Å². The highest BCUT2D eigenvalue weighted by molar-refractivity contribution is 5.46. The van der Waals surface area contributed by atoms with Gasteiger partial charge in [-0.25, -0.2) is 0 Å². The minimum Gasteiger partial charge on any atom is -0.166 e. The maximum absolute atomic E-state index is 12.7. The quantitative estimate of drug-likeness (QED) is 0.467. The van der Waals surface area contributed by atoms with Crippen LogP contribution in [-0.4, -0.2) is 0 Å². The molecule has 0 aromatic heterocycles. The molecule has 2 rings (SSSR count). The van der Waals surface area contributed by atoms with Crippen molar-refractivity contribution in [1.82, 2.24) is 0 Å². The van der Waals surface area contributed by atoms with Crippen molar-refractivity contribution in [2.24, 2.45) is 0 Å². The lowest BCUT2D eigenvalue weighted by molar-refractivity contribution is -0.143. The molecule has 2 aromatic carbocycles. The van der Waals surface area contributed by atoms with Crippen molar-refractivity contribution in [3.63, 3.8) is 0 Å². The van der Waals surface area contributed by atoms with Crippen molar-refractivity contribution >= 4 is 0 Å². The van der Waals surface area contributed by atoms with Crippen LogP contribution in [0.3, 0.4) is 0 Å². The second-order valence-electron chi connectivity index (χ2n) is 4.41. The summed E-state index contributed by atoms with van der Waals surface area (Å²) in [6.45, 7) is 0. The molecule has 0 radical (unpaired) electrons. The third kappa shape index (κ3) is 4.04. The first-order chi connectivity index (χ1) is 10.2. The van der Waals surface area contributed by atoms with Gasteiger partial charge in [0, 0.05) is 11.1 Å².